The molecule has 0 bridgehead atoms. The summed E-state index contributed by atoms with van der Waals surface area (Å²) in [5, 5.41) is 8.69. The number of hydrogen-bond acceptors (Lipinski definition) is 1. The smallest absolute Gasteiger partial charge is 0.304 e. The van der Waals surface area contributed by atoms with Gasteiger partial charge >= 0.3 is 5.97 Å². The molecule has 1 saturated carbocycles. The molecule has 86 valence electrons. The Balaban J connectivity index is 2.38. The number of rotatable bonds is 3. The third kappa shape index (κ3) is 2.02. The molecular formula is C11H9Cl2FO2. The number of aliphatic carboxylic acids is 1. The summed E-state index contributed by atoms with van der Waals surface area (Å²) >= 11 is 11.4. The highest BCUT2D eigenvalue weighted by Crippen LogP contribution is 2.52. The van der Waals surface area contributed by atoms with Crippen LogP contribution in [0.5, 0.6) is 0 Å². The summed E-state index contributed by atoms with van der Waals surface area (Å²) in [6.07, 6.45) is 1.58. The molecule has 0 atom stereocenters. The zero-order valence-electron chi connectivity index (χ0n) is 8.27. The molecule has 1 fully saturated rings. The SMILES string of the molecule is O=C(O)CC1(c2cc(Cl)c(F)c(Cl)c2)CC1. The Morgan fingerprint density at radius 1 is 1.38 bits per heavy atom. The minimum Gasteiger partial charge on any atom is -0.481 e. The van der Waals surface area contributed by atoms with Crippen molar-refractivity contribution >= 4 is 29.2 Å². The van der Waals surface area contributed by atoms with E-state index in [0.717, 1.165) is 12.8 Å². The minimum atomic E-state index is -0.867. The first kappa shape index (κ1) is 11.7. The lowest BCUT2D eigenvalue weighted by molar-refractivity contribution is -0.137. The molecule has 0 spiro atoms. The van der Waals surface area contributed by atoms with Gasteiger partial charge in [-0.25, -0.2) is 4.39 Å². The van der Waals surface area contributed by atoms with Crippen LogP contribution in [-0.2, 0) is 10.2 Å². The Morgan fingerprint density at radius 3 is 2.25 bits per heavy atom. The molecule has 1 aromatic carbocycles. The van der Waals surface area contributed by atoms with Gasteiger partial charge in [-0.15, -0.1) is 0 Å². The molecule has 16 heavy (non-hydrogen) atoms. The second kappa shape index (κ2) is 3.90. The van der Waals surface area contributed by atoms with Crippen LogP contribution >= 0.6 is 23.2 Å². The predicted octanol–water partition coefficient (Wildman–Crippen LogP) is 3.64. The molecular weight excluding hydrogens is 254 g/mol. The van der Waals surface area contributed by atoms with E-state index >= 15 is 0 Å². The van der Waals surface area contributed by atoms with E-state index in [1.54, 1.807) is 0 Å². The Kier molecular flexibility index (Phi) is 2.84. The minimum absolute atomic E-state index is 0.0330. The molecule has 2 nitrogen and oxygen atoms in total. The van der Waals surface area contributed by atoms with E-state index in [2.05, 4.69) is 0 Å². The van der Waals surface area contributed by atoms with Crippen molar-refractivity contribution in [2.75, 3.05) is 0 Å². The van der Waals surface area contributed by atoms with Crippen molar-refractivity contribution < 1.29 is 14.3 Å². The van der Waals surface area contributed by atoms with Crippen LogP contribution < -0.4 is 0 Å². The van der Waals surface area contributed by atoms with Crippen molar-refractivity contribution in [3.05, 3.63) is 33.6 Å². The molecule has 5 heteroatoms. The average Bonchev–Trinajstić information content (AvgIpc) is 2.93. The third-order valence-corrected chi connectivity index (χ3v) is 3.49. The second-order valence-corrected chi connectivity index (χ2v) is 4.92. The van der Waals surface area contributed by atoms with Crippen LogP contribution in [0.1, 0.15) is 24.8 Å². The molecule has 0 aliphatic heterocycles. The van der Waals surface area contributed by atoms with Gasteiger partial charge < -0.3 is 5.11 Å². The number of benzene rings is 1. The first-order chi connectivity index (χ1) is 7.44. The van der Waals surface area contributed by atoms with Crippen LogP contribution in [-0.4, -0.2) is 11.1 Å². The first-order valence-corrected chi connectivity index (χ1v) is 5.57. The summed E-state index contributed by atoms with van der Waals surface area (Å²) in [5.74, 6) is -1.52. The topological polar surface area (TPSA) is 37.3 Å². The quantitative estimate of drug-likeness (QED) is 0.845. The van der Waals surface area contributed by atoms with Crippen molar-refractivity contribution in [3.63, 3.8) is 0 Å². The van der Waals surface area contributed by atoms with Gasteiger partial charge in [0.05, 0.1) is 16.5 Å². The summed E-state index contributed by atoms with van der Waals surface area (Å²) in [6, 6.07) is 2.94. The maximum absolute atomic E-state index is 13.2. The molecule has 1 aliphatic carbocycles. The normalized spacial score (nSPS) is 17.2. The van der Waals surface area contributed by atoms with E-state index in [9.17, 15) is 9.18 Å². The summed E-state index contributed by atoms with van der Waals surface area (Å²) in [6.45, 7) is 0. The van der Waals surface area contributed by atoms with Crippen molar-refractivity contribution in [2.24, 2.45) is 0 Å². The zero-order chi connectivity index (χ0) is 11.9. The molecule has 2 rings (SSSR count). The largest absolute Gasteiger partial charge is 0.481 e. The summed E-state index contributed by atoms with van der Waals surface area (Å²) in [4.78, 5) is 10.7. The van der Waals surface area contributed by atoms with Crippen LogP contribution in [0.3, 0.4) is 0 Å². The number of carboxylic acid groups (broad SMARTS) is 1. The molecule has 1 aliphatic rings. The van der Waals surface area contributed by atoms with Gasteiger partial charge in [-0.1, -0.05) is 23.2 Å². The lowest BCUT2D eigenvalue weighted by atomic mass is 9.92. The fraction of sp³-hybridized carbons (Fsp3) is 0.364. The van der Waals surface area contributed by atoms with E-state index < -0.39 is 17.2 Å². The van der Waals surface area contributed by atoms with Crippen molar-refractivity contribution in [1.82, 2.24) is 0 Å². The first-order valence-electron chi connectivity index (χ1n) is 4.81. The monoisotopic (exact) mass is 262 g/mol. The molecule has 0 heterocycles. The van der Waals surface area contributed by atoms with E-state index in [-0.39, 0.29) is 16.5 Å². The maximum Gasteiger partial charge on any atom is 0.304 e. The van der Waals surface area contributed by atoms with Crippen LogP contribution in [0.2, 0.25) is 10.0 Å². The average molecular weight is 263 g/mol. The standard InChI is InChI=1S/C11H9Cl2FO2/c12-7-3-6(4-8(13)10(7)14)11(1-2-11)5-9(15)16/h3-4H,1-2,5H2,(H,15,16). The highest BCUT2D eigenvalue weighted by Gasteiger charge is 2.46. The number of hydrogen-bond donors (Lipinski definition) is 1. The Hall–Kier alpha value is -0.800. The molecule has 0 unspecified atom stereocenters. The van der Waals surface area contributed by atoms with Gasteiger partial charge in [-0.3, -0.25) is 4.79 Å². The van der Waals surface area contributed by atoms with Crippen molar-refractivity contribution in [2.45, 2.75) is 24.7 Å². The van der Waals surface area contributed by atoms with Gasteiger partial charge in [0.15, 0.2) is 5.82 Å². The van der Waals surface area contributed by atoms with Crippen molar-refractivity contribution in [3.8, 4) is 0 Å². The highest BCUT2D eigenvalue weighted by molar-refractivity contribution is 6.35. The fourth-order valence-electron chi connectivity index (χ4n) is 1.87. The van der Waals surface area contributed by atoms with Crippen LogP contribution in [0.15, 0.2) is 12.1 Å². The number of carboxylic acids is 1. The Labute approximate surface area is 102 Å². The molecule has 0 amide bonds. The van der Waals surface area contributed by atoms with Gasteiger partial charge in [0.2, 0.25) is 0 Å². The predicted molar refractivity (Wildman–Crippen MR) is 59.6 cm³/mol. The molecule has 0 saturated heterocycles. The van der Waals surface area contributed by atoms with Crippen molar-refractivity contribution in [1.29, 1.82) is 0 Å². The number of carbonyl (C=O) groups is 1. The van der Waals surface area contributed by atoms with Crippen LogP contribution in [0.25, 0.3) is 0 Å². The maximum atomic E-state index is 13.2. The Bertz CT molecular complexity index is 432. The fourth-order valence-corrected chi connectivity index (χ4v) is 2.36. The molecule has 1 N–H and O–H groups in total. The van der Waals surface area contributed by atoms with Gasteiger partial charge in [-0.2, -0.15) is 0 Å². The lowest BCUT2D eigenvalue weighted by Gasteiger charge is -2.14. The van der Waals surface area contributed by atoms with Crippen LogP contribution in [0.4, 0.5) is 4.39 Å². The third-order valence-electron chi connectivity index (χ3n) is 2.94. The molecule has 1 aromatic rings. The van der Waals surface area contributed by atoms with Crippen LogP contribution in [0, 0.1) is 5.82 Å². The summed E-state index contributed by atoms with van der Waals surface area (Å²) < 4.78 is 13.2. The molecule has 0 radical (unpaired) electrons. The molecule has 0 aromatic heterocycles. The van der Waals surface area contributed by atoms with E-state index in [4.69, 9.17) is 28.3 Å². The zero-order valence-corrected chi connectivity index (χ0v) is 9.78. The van der Waals surface area contributed by atoms with E-state index in [0.29, 0.717) is 5.56 Å². The van der Waals surface area contributed by atoms with E-state index in [1.165, 1.54) is 12.1 Å². The van der Waals surface area contributed by atoms with Gasteiger partial charge in [-0.05, 0) is 30.5 Å². The number of halogens is 3. The summed E-state index contributed by atoms with van der Waals surface area (Å²) in [7, 11) is 0. The van der Waals surface area contributed by atoms with Gasteiger partial charge in [0.25, 0.3) is 0 Å². The Morgan fingerprint density at radius 2 is 1.88 bits per heavy atom. The van der Waals surface area contributed by atoms with Gasteiger partial charge in [0.1, 0.15) is 0 Å². The second-order valence-electron chi connectivity index (χ2n) is 4.10. The van der Waals surface area contributed by atoms with Gasteiger partial charge in [0, 0.05) is 5.41 Å². The lowest BCUT2D eigenvalue weighted by Crippen LogP contribution is -2.13. The summed E-state index contributed by atoms with van der Waals surface area (Å²) in [5.41, 5.74) is 0.318. The highest BCUT2D eigenvalue weighted by atomic mass is 35.5. The van der Waals surface area contributed by atoms with E-state index in [1.807, 2.05) is 0 Å².